The molecule has 0 aliphatic carbocycles. The lowest BCUT2D eigenvalue weighted by molar-refractivity contribution is -0.118. The van der Waals surface area contributed by atoms with E-state index >= 15 is 0 Å². The third kappa shape index (κ3) is 4.41. The van der Waals surface area contributed by atoms with Gasteiger partial charge >= 0.3 is 0 Å². The maximum Gasteiger partial charge on any atom is 0.262 e. The molecule has 3 aromatic rings. The van der Waals surface area contributed by atoms with Crippen molar-refractivity contribution in [3.8, 4) is 11.5 Å². The SMILES string of the molecule is Cc1ccc2c(OCCC(c3ccc4c(c3)NC(=O)CO4)C3CCNCC3)cccc2n1. The van der Waals surface area contributed by atoms with E-state index in [2.05, 4.69) is 33.8 Å². The van der Waals surface area contributed by atoms with Crippen LogP contribution in [0.5, 0.6) is 11.5 Å². The number of anilines is 1. The summed E-state index contributed by atoms with van der Waals surface area (Å²) in [6.45, 7) is 4.80. The van der Waals surface area contributed by atoms with E-state index in [0.717, 1.165) is 66.1 Å². The van der Waals surface area contributed by atoms with Crippen molar-refractivity contribution in [3.05, 3.63) is 59.8 Å². The van der Waals surface area contributed by atoms with Gasteiger partial charge in [0.25, 0.3) is 5.91 Å². The molecule has 32 heavy (non-hydrogen) atoms. The fraction of sp³-hybridized carbons (Fsp3) is 0.385. The number of rotatable bonds is 6. The molecule has 2 aliphatic rings. The number of nitrogens with zero attached hydrogens (tertiary/aromatic N) is 1. The van der Waals surface area contributed by atoms with E-state index in [1.165, 1.54) is 5.56 Å². The van der Waals surface area contributed by atoms with E-state index in [4.69, 9.17) is 9.47 Å². The molecule has 2 aliphatic heterocycles. The fourth-order valence-electron chi connectivity index (χ4n) is 4.90. The minimum absolute atomic E-state index is 0.0807. The Hall–Kier alpha value is -3.12. The van der Waals surface area contributed by atoms with Gasteiger partial charge in [0.2, 0.25) is 0 Å². The second kappa shape index (κ2) is 9.17. The summed E-state index contributed by atoms with van der Waals surface area (Å²) in [6.07, 6.45) is 3.19. The Morgan fingerprint density at radius 2 is 2.03 bits per heavy atom. The van der Waals surface area contributed by atoms with Gasteiger partial charge in [0, 0.05) is 11.1 Å². The van der Waals surface area contributed by atoms with Crippen molar-refractivity contribution < 1.29 is 14.3 Å². The predicted molar refractivity (Wildman–Crippen MR) is 125 cm³/mol. The molecular weight excluding hydrogens is 402 g/mol. The predicted octanol–water partition coefficient (Wildman–Crippen LogP) is 4.43. The Labute approximate surface area is 188 Å². The molecule has 166 valence electrons. The zero-order chi connectivity index (χ0) is 21.9. The van der Waals surface area contributed by atoms with Crippen molar-refractivity contribution in [1.29, 1.82) is 0 Å². The van der Waals surface area contributed by atoms with Crippen LogP contribution in [0.2, 0.25) is 0 Å². The highest BCUT2D eigenvalue weighted by molar-refractivity contribution is 5.95. The smallest absolute Gasteiger partial charge is 0.262 e. The Bertz CT molecular complexity index is 1120. The van der Waals surface area contributed by atoms with E-state index in [1.54, 1.807) is 0 Å². The first kappa shape index (κ1) is 20.8. The zero-order valence-corrected chi connectivity index (χ0v) is 18.4. The van der Waals surface area contributed by atoms with Crippen molar-refractivity contribution in [1.82, 2.24) is 10.3 Å². The normalized spacial score (nSPS) is 17.3. The van der Waals surface area contributed by atoms with Crippen molar-refractivity contribution >= 4 is 22.5 Å². The number of ether oxygens (including phenoxy) is 2. The third-order valence-electron chi connectivity index (χ3n) is 6.54. The third-order valence-corrected chi connectivity index (χ3v) is 6.54. The number of nitrogens with one attached hydrogen (secondary N) is 2. The first-order chi connectivity index (χ1) is 15.7. The molecule has 6 heteroatoms. The number of piperidine rings is 1. The summed E-state index contributed by atoms with van der Waals surface area (Å²) < 4.78 is 11.8. The number of carbonyl (C=O) groups excluding carboxylic acids is 1. The van der Waals surface area contributed by atoms with Gasteiger partial charge in [0.15, 0.2) is 6.61 Å². The Kier molecular flexibility index (Phi) is 5.95. The quantitative estimate of drug-likeness (QED) is 0.604. The summed E-state index contributed by atoms with van der Waals surface area (Å²) in [6, 6.07) is 16.4. The van der Waals surface area contributed by atoms with Gasteiger partial charge in [-0.1, -0.05) is 12.1 Å². The zero-order valence-electron chi connectivity index (χ0n) is 18.4. The monoisotopic (exact) mass is 431 g/mol. The summed E-state index contributed by atoms with van der Waals surface area (Å²) in [5.41, 5.74) is 3.97. The molecule has 2 N–H and O–H groups in total. The molecule has 3 heterocycles. The van der Waals surface area contributed by atoms with Crippen molar-refractivity contribution in [2.45, 2.75) is 32.1 Å². The van der Waals surface area contributed by atoms with E-state index < -0.39 is 0 Å². The van der Waals surface area contributed by atoms with Crippen LogP contribution in [0, 0.1) is 12.8 Å². The Morgan fingerprint density at radius 3 is 2.91 bits per heavy atom. The highest BCUT2D eigenvalue weighted by atomic mass is 16.5. The molecule has 5 rings (SSSR count). The second-order valence-corrected chi connectivity index (χ2v) is 8.70. The highest BCUT2D eigenvalue weighted by Gasteiger charge is 2.27. The molecule has 1 saturated heterocycles. The number of fused-ring (bicyclic) bond motifs is 2. The number of aromatic nitrogens is 1. The van der Waals surface area contributed by atoms with Crippen LogP contribution in [0.3, 0.4) is 0 Å². The standard InChI is InChI=1S/C26H29N3O3/c1-17-5-7-21-22(28-17)3-2-4-24(21)31-14-11-20(18-9-12-27-13-10-18)19-6-8-25-23(15-19)29-26(30)16-32-25/h2-8,15,18,20,27H,9-14,16H2,1H3,(H,29,30). The largest absolute Gasteiger partial charge is 0.493 e. The molecule has 0 saturated carbocycles. The molecule has 1 atom stereocenters. The number of hydrogen-bond donors (Lipinski definition) is 2. The average molecular weight is 432 g/mol. The van der Waals surface area contributed by atoms with E-state index in [0.29, 0.717) is 18.4 Å². The molecule has 0 radical (unpaired) electrons. The molecule has 1 aromatic heterocycles. The summed E-state index contributed by atoms with van der Waals surface area (Å²) in [5, 5.41) is 7.46. The number of carbonyl (C=O) groups is 1. The second-order valence-electron chi connectivity index (χ2n) is 8.70. The van der Waals surface area contributed by atoms with Crippen molar-refractivity contribution in [3.63, 3.8) is 0 Å². The van der Waals surface area contributed by atoms with Crippen LogP contribution in [0.1, 0.15) is 36.4 Å². The lowest BCUT2D eigenvalue weighted by atomic mass is 9.78. The maximum atomic E-state index is 11.8. The molecule has 1 fully saturated rings. The van der Waals surface area contributed by atoms with Crippen LogP contribution in [0.15, 0.2) is 48.5 Å². The number of aryl methyl sites for hydroxylation is 1. The first-order valence-electron chi connectivity index (χ1n) is 11.4. The summed E-state index contributed by atoms with van der Waals surface area (Å²) in [7, 11) is 0. The molecule has 2 aromatic carbocycles. The summed E-state index contributed by atoms with van der Waals surface area (Å²) in [4.78, 5) is 16.4. The molecular formula is C26H29N3O3. The Morgan fingerprint density at radius 1 is 1.16 bits per heavy atom. The van der Waals surface area contributed by atoms with Gasteiger partial charge in [-0.2, -0.15) is 0 Å². The van der Waals surface area contributed by atoms with Crippen molar-refractivity contribution in [2.24, 2.45) is 5.92 Å². The first-order valence-corrected chi connectivity index (χ1v) is 11.4. The van der Waals surface area contributed by atoms with Gasteiger partial charge < -0.3 is 20.1 Å². The van der Waals surface area contributed by atoms with Gasteiger partial charge in [0.1, 0.15) is 11.5 Å². The molecule has 1 unspecified atom stereocenters. The van der Waals surface area contributed by atoms with E-state index in [-0.39, 0.29) is 12.5 Å². The minimum atomic E-state index is -0.101. The molecule has 0 spiro atoms. The lowest BCUT2D eigenvalue weighted by Gasteiger charge is -2.32. The maximum absolute atomic E-state index is 11.8. The van der Waals surface area contributed by atoms with E-state index in [1.807, 2.05) is 37.3 Å². The van der Waals surface area contributed by atoms with Crippen LogP contribution < -0.4 is 20.1 Å². The average Bonchev–Trinajstić information content (AvgIpc) is 2.82. The summed E-state index contributed by atoms with van der Waals surface area (Å²) in [5.74, 6) is 2.46. The van der Waals surface area contributed by atoms with Crippen molar-refractivity contribution in [2.75, 3.05) is 31.6 Å². The summed E-state index contributed by atoms with van der Waals surface area (Å²) >= 11 is 0. The van der Waals surface area contributed by atoms with Gasteiger partial charge in [0.05, 0.1) is 17.8 Å². The number of pyridine rings is 1. The van der Waals surface area contributed by atoms with E-state index in [9.17, 15) is 4.79 Å². The molecule has 6 nitrogen and oxygen atoms in total. The van der Waals surface area contributed by atoms with Gasteiger partial charge in [-0.15, -0.1) is 0 Å². The van der Waals surface area contributed by atoms with Crippen LogP contribution in [-0.4, -0.2) is 37.2 Å². The number of amides is 1. The van der Waals surface area contributed by atoms with Crippen LogP contribution in [0.25, 0.3) is 10.9 Å². The Balaban J connectivity index is 1.35. The van der Waals surface area contributed by atoms with Crippen LogP contribution in [-0.2, 0) is 4.79 Å². The van der Waals surface area contributed by atoms with Crippen LogP contribution in [0.4, 0.5) is 5.69 Å². The number of hydrogen-bond acceptors (Lipinski definition) is 5. The topological polar surface area (TPSA) is 72.5 Å². The minimum Gasteiger partial charge on any atom is -0.493 e. The number of benzene rings is 2. The molecule has 1 amide bonds. The van der Waals surface area contributed by atoms with Gasteiger partial charge in [-0.3, -0.25) is 9.78 Å². The highest BCUT2D eigenvalue weighted by Crippen LogP contribution is 2.38. The fourth-order valence-corrected chi connectivity index (χ4v) is 4.90. The molecule has 0 bridgehead atoms. The van der Waals surface area contributed by atoms with Crippen LogP contribution >= 0.6 is 0 Å². The lowest BCUT2D eigenvalue weighted by Crippen LogP contribution is -2.31. The van der Waals surface area contributed by atoms with Gasteiger partial charge in [-0.25, -0.2) is 0 Å². The van der Waals surface area contributed by atoms with Gasteiger partial charge in [-0.05, 0) is 93.1 Å².